The minimum atomic E-state index is -0.227. The maximum Gasteiger partial charge on any atom is 0.130 e. The van der Waals surface area contributed by atoms with Crippen LogP contribution in [0, 0.1) is 11.7 Å². The lowest BCUT2D eigenvalue weighted by Gasteiger charge is -2.15. The highest BCUT2D eigenvalue weighted by atomic mass is 35.5. The number of hydrogen-bond donors (Lipinski definition) is 0. The summed E-state index contributed by atoms with van der Waals surface area (Å²) in [6.07, 6.45) is 1.34. The zero-order valence-electron chi connectivity index (χ0n) is 12.1. The molecular weight excluding hydrogens is 287 g/mol. The van der Waals surface area contributed by atoms with Crippen molar-refractivity contribution in [1.82, 2.24) is 0 Å². The van der Waals surface area contributed by atoms with Crippen LogP contribution in [0.1, 0.15) is 24.5 Å². The standard InChI is InChI=1S/C18H19ClFO/c1-14(10-11-19)12-16-17(20)8-5-9-18(16)21-13-15-6-3-2-4-7-15/h2-9H,10-13H2,1H3. The van der Waals surface area contributed by atoms with Crippen LogP contribution in [-0.2, 0) is 13.0 Å². The van der Waals surface area contributed by atoms with Crippen molar-refractivity contribution in [2.75, 3.05) is 5.88 Å². The molecule has 0 N–H and O–H groups in total. The summed E-state index contributed by atoms with van der Waals surface area (Å²) in [5.74, 6) is 2.09. The van der Waals surface area contributed by atoms with Crippen molar-refractivity contribution in [3.05, 3.63) is 71.4 Å². The predicted octanol–water partition coefficient (Wildman–Crippen LogP) is 5.17. The predicted molar refractivity (Wildman–Crippen MR) is 85.1 cm³/mol. The van der Waals surface area contributed by atoms with Gasteiger partial charge in [0.15, 0.2) is 0 Å². The molecule has 21 heavy (non-hydrogen) atoms. The van der Waals surface area contributed by atoms with Crippen molar-refractivity contribution < 1.29 is 9.13 Å². The molecule has 0 aliphatic carbocycles. The number of alkyl halides is 1. The molecule has 2 aromatic rings. The number of halogens is 2. The first-order valence-corrected chi connectivity index (χ1v) is 7.55. The molecule has 0 saturated carbocycles. The maximum absolute atomic E-state index is 14.1. The summed E-state index contributed by atoms with van der Waals surface area (Å²) in [7, 11) is 0. The average Bonchev–Trinajstić information content (AvgIpc) is 2.49. The van der Waals surface area contributed by atoms with E-state index in [2.05, 4.69) is 0 Å². The van der Waals surface area contributed by atoms with E-state index in [1.807, 2.05) is 43.3 Å². The summed E-state index contributed by atoms with van der Waals surface area (Å²) in [4.78, 5) is 0. The zero-order valence-corrected chi connectivity index (χ0v) is 12.9. The minimum Gasteiger partial charge on any atom is -0.489 e. The lowest BCUT2D eigenvalue weighted by Crippen LogP contribution is -2.05. The van der Waals surface area contributed by atoms with Crippen LogP contribution in [0.2, 0.25) is 0 Å². The Bertz CT molecular complexity index is 556. The topological polar surface area (TPSA) is 9.23 Å². The van der Waals surface area contributed by atoms with Crippen molar-refractivity contribution in [3.8, 4) is 5.75 Å². The Kier molecular flexibility index (Phi) is 6.06. The van der Waals surface area contributed by atoms with E-state index >= 15 is 0 Å². The van der Waals surface area contributed by atoms with Gasteiger partial charge in [-0.2, -0.15) is 0 Å². The Morgan fingerprint density at radius 3 is 2.57 bits per heavy atom. The average molecular weight is 306 g/mol. The number of benzene rings is 2. The van der Waals surface area contributed by atoms with E-state index in [9.17, 15) is 4.39 Å². The van der Waals surface area contributed by atoms with E-state index in [0.29, 0.717) is 30.2 Å². The fraction of sp³-hybridized carbons (Fsp3) is 0.278. The van der Waals surface area contributed by atoms with Crippen molar-refractivity contribution in [3.63, 3.8) is 0 Å². The van der Waals surface area contributed by atoms with Gasteiger partial charge in [-0.05, 0) is 36.5 Å². The third-order valence-corrected chi connectivity index (χ3v) is 3.50. The highest BCUT2D eigenvalue weighted by Gasteiger charge is 2.13. The molecular formula is C18H19ClFO. The lowest BCUT2D eigenvalue weighted by molar-refractivity contribution is 0.300. The van der Waals surface area contributed by atoms with E-state index in [0.717, 1.165) is 17.9 Å². The SMILES string of the molecule is C[C](CCCl)Cc1c(F)cccc1OCc1ccccc1. The second-order valence-electron chi connectivity index (χ2n) is 5.06. The van der Waals surface area contributed by atoms with Crippen LogP contribution in [0.3, 0.4) is 0 Å². The first-order valence-electron chi connectivity index (χ1n) is 7.02. The summed E-state index contributed by atoms with van der Waals surface area (Å²) >= 11 is 5.74. The van der Waals surface area contributed by atoms with Crippen LogP contribution in [0.4, 0.5) is 4.39 Å². The van der Waals surface area contributed by atoms with E-state index in [-0.39, 0.29) is 5.82 Å². The van der Waals surface area contributed by atoms with Crippen LogP contribution in [0.5, 0.6) is 5.75 Å². The van der Waals surface area contributed by atoms with Gasteiger partial charge in [0.05, 0.1) is 0 Å². The second kappa shape index (κ2) is 8.04. The molecule has 0 heterocycles. The normalized spacial score (nSPS) is 10.9. The molecule has 0 bridgehead atoms. The number of rotatable bonds is 7. The molecule has 111 valence electrons. The molecule has 2 rings (SSSR count). The molecule has 0 atom stereocenters. The molecule has 0 aliphatic heterocycles. The van der Waals surface area contributed by atoms with Gasteiger partial charge in [0, 0.05) is 11.4 Å². The van der Waals surface area contributed by atoms with Crippen LogP contribution in [0.25, 0.3) is 0 Å². The second-order valence-corrected chi connectivity index (χ2v) is 5.44. The van der Waals surface area contributed by atoms with Crippen LogP contribution >= 0.6 is 11.6 Å². The molecule has 1 nitrogen and oxygen atoms in total. The summed E-state index contributed by atoms with van der Waals surface area (Å²) in [6, 6.07) is 14.8. The molecule has 3 heteroatoms. The summed E-state index contributed by atoms with van der Waals surface area (Å²) < 4.78 is 19.8. The molecule has 0 fully saturated rings. The van der Waals surface area contributed by atoms with Gasteiger partial charge >= 0.3 is 0 Å². The van der Waals surface area contributed by atoms with Gasteiger partial charge < -0.3 is 4.74 Å². The van der Waals surface area contributed by atoms with Crippen LogP contribution < -0.4 is 4.74 Å². The zero-order chi connectivity index (χ0) is 15.1. The fourth-order valence-electron chi connectivity index (χ4n) is 2.13. The van der Waals surface area contributed by atoms with Gasteiger partial charge in [0.1, 0.15) is 18.2 Å². The highest BCUT2D eigenvalue weighted by molar-refractivity contribution is 6.17. The largest absolute Gasteiger partial charge is 0.489 e. The monoisotopic (exact) mass is 305 g/mol. The summed E-state index contributed by atoms with van der Waals surface area (Å²) in [5, 5.41) is 0. The van der Waals surface area contributed by atoms with Gasteiger partial charge in [-0.3, -0.25) is 0 Å². The molecule has 0 saturated heterocycles. The van der Waals surface area contributed by atoms with Gasteiger partial charge in [-0.1, -0.05) is 43.3 Å². The molecule has 0 aliphatic rings. The summed E-state index contributed by atoms with van der Waals surface area (Å²) in [6.45, 7) is 2.43. The molecule has 0 spiro atoms. The van der Waals surface area contributed by atoms with Crippen molar-refractivity contribution in [2.45, 2.75) is 26.4 Å². The maximum atomic E-state index is 14.1. The minimum absolute atomic E-state index is 0.227. The van der Waals surface area contributed by atoms with Crippen molar-refractivity contribution >= 4 is 11.6 Å². The van der Waals surface area contributed by atoms with Crippen molar-refractivity contribution in [1.29, 1.82) is 0 Å². The van der Waals surface area contributed by atoms with Crippen LogP contribution in [-0.4, -0.2) is 5.88 Å². The first-order chi connectivity index (χ1) is 10.2. The Labute approximate surface area is 130 Å². The molecule has 1 radical (unpaired) electrons. The summed E-state index contributed by atoms with van der Waals surface area (Å²) in [5.41, 5.74) is 1.67. The smallest absolute Gasteiger partial charge is 0.130 e. The van der Waals surface area contributed by atoms with E-state index in [4.69, 9.17) is 16.3 Å². The fourth-order valence-corrected chi connectivity index (χ4v) is 2.46. The van der Waals surface area contributed by atoms with Gasteiger partial charge in [0.2, 0.25) is 0 Å². The molecule has 0 unspecified atom stereocenters. The van der Waals surface area contributed by atoms with Crippen LogP contribution in [0.15, 0.2) is 48.5 Å². The Hall–Kier alpha value is -1.54. The van der Waals surface area contributed by atoms with E-state index in [1.54, 1.807) is 6.07 Å². The van der Waals surface area contributed by atoms with Gasteiger partial charge in [-0.25, -0.2) is 4.39 Å². The third kappa shape index (κ3) is 4.75. The van der Waals surface area contributed by atoms with Gasteiger partial charge in [0.25, 0.3) is 0 Å². The Balaban J connectivity index is 2.09. The Morgan fingerprint density at radius 1 is 1.10 bits per heavy atom. The molecule has 0 amide bonds. The van der Waals surface area contributed by atoms with Gasteiger partial charge in [-0.15, -0.1) is 11.6 Å². The molecule has 0 aromatic heterocycles. The highest BCUT2D eigenvalue weighted by Crippen LogP contribution is 2.27. The van der Waals surface area contributed by atoms with Crippen molar-refractivity contribution in [2.24, 2.45) is 0 Å². The number of ether oxygens (including phenoxy) is 1. The molecule has 2 aromatic carbocycles. The lowest BCUT2D eigenvalue weighted by atomic mass is 9.98. The van der Waals surface area contributed by atoms with E-state index in [1.165, 1.54) is 6.07 Å². The first kappa shape index (κ1) is 15.8. The third-order valence-electron chi connectivity index (χ3n) is 3.31. The quantitative estimate of drug-likeness (QED) is 0.641. The number of hydrogen-bond acceptors (Lipinski definition) is 1. The Morgan fingerprint density at radius 2 is 1.86 bits per heavy atom. The van der Waals surface area contributed by atoms with E-state index < -0.39 is 0 Å².